The van der Waals surface area contributed by atoms with Gasteiger partial charge in [0.05, 0.1) is 6.33 Å². The van der Waals surface area contributed by atoms with E-state index in [2.05, 4.69) is 29.2 Å². The number of aromatic nitrogens is 2. The van der Waals surface area contributed by atoms with Gasteiger partial charge < -0.3 is 9.67 Å². The Hall–Kier alpha value is -1.87. The van der Waals surface area contributed by atoms with Crippen LogP contribution >= 0.6 is 0 Å². The lowest BCUT2D eigenvalue weighted by atomic mass is 10.1. The first-order valence-corrected chi connectivity index (χ1v) is 5.70. The zero-order valence-corrected chi connectivity index (χ0v) is 9.66. The van der Waals surface area contributed by atoms with Crippen molar-refractivity contribution < 1.29 is 5.11 Å². The molecule has 0 fully saturated rings. The van der Waals surface area contributed by atoms with E-state index in [1.54, 1.807) is 6.20 Å². The minimum Gasteiger partial charge on any atom is -0.396 e. The molecule has 1 aromatic carbocycles. The average molecular weight is 228 g/mol. The zero-order chi connectivity index (χ0) is 11.9. The summed E-state index contributed by atoms with van der Waals surface area (Å²) in [6.45, 7) is 1.05. The molecule has 0 aliphatic carbocycles. The van der Waals surface area contributed by atoms with Crippen LogP contribution in [0.2, 0.25) is 0 Å². The van der Waals surface area contributed by atoms with Crippen molar-refractivity contribution in [2.75, 3.05) is 6.61 Å². The maximum atomic E-state index is 8.67. The molecule has 0 unspecified atom stereocenters. The van der Waals surface area contributed by atoms with E-state index < -0.39 is 0 Å². The summed E-state index contributed by atoms with van der Waals surface area (Å²) in [5.74, 6) is 0. The lowest BCUT2D eigenvalue weighted by Crippen LogP contribution is -1.95. The van der Waals surface area contributed by atoms with Crippen LogP contribution < -0.4 is 0 Å². The van der Waals surface area contributed by atoms with E-state index in [1.807, 2.05) is 29.2 Å². The van der Waals surface area contributed by atoms with Crippen molar-refractivity contribution in [1.29, 1.82) is 0 Å². The van der Waals surface area contributed by atoms with Crippen LogP contribution in [0.25, 0.3) is 6.08 Å². The van der Waals surface area contributed by atoms with E-state index in [0.717, 1.165) is 12.1 Å². The molecule has 1 N–H and O–H groups in total. The first kappa shape index (κ1) is 11.6. The van der Waals surface area contributed by atoms with Crippen LogP contribution in [0.4, 0.5) is 0 Å². The third-order valence-electron chi connectivity index (χ3n) is 2.51. The fraction of sp³-hybridized carbons (Fsp3) is 0.214. The Bertz CT molecular complexity index is 457. The summed E-state index contributed by atoms with van der Waals surface area (Å²) in [5, 5.41) is 8.67. The quantitative estimate of drug-likeness (QED) is 0.853. The van der Waals surface area contributed by atoms with Gasteiger partial charge in [-0.05, 0) is 17.5 Å². The molecule has 2 aromatic rings. The molecule has 0 radical (unpaired) electrons. The monoisotopic (exact) mass is 228 g/mol. The second-order valence-corrected chi connectivity index (χ2v) is 3.89. The molecule has 1 heterocycles. The third kappa shape index (κ3) is 3.57. The van der Waals surface area contributed by atoms with Gasteiger partial charge in [0.1, 0.15) is 0 Å². The average Bonchev–Trinajstić information content (AvgIpc) is 2.85. The van der Waals surface area contributed by atoms with Crippen molar-refractivity contribution >= 4 is 6.08 Å². The third-order valence-corrected chi connectivity index (χ3v) is 2.51. The Morgan fingerprint density at radius 2 is 2.06 bits per heavy atom. The van der Waals surface area contributed by atoms with E-state index in [4.69, 9.17) is 5.11 Å². The van der Waals surface area contributed by atoms with Crippen LogP contribution in [-0.4, -0.2) is 21.3 Å². The van der Waals surface area contributed by atoms with Crippen molar-refractivity contribution in [3.63, 3.8) is 0 Å². The Morgan fingerprint density at radius 3 is 2.71 bits per heavy atom. The molecule has 0 spiro atoms. The molecule has 0 saturated carbocycles. The van der Waals surface area contributed by atoms with Crippen molar-refractivity contribution in [3.8, 4) is 0 Å². The molecule has 0 aliphatic heterocycles. The standard InChI is InChI=1S/C14H16N2O/c17-10-2-1-3-13-4-6-14(7-5-13)11-16-9-8-15-12-16/h1,3-9,12,17H,2,10-11H2. The first-order valence-electron chi connectivity index (χ1n) is 5.70. The Morgan fingerprint density at radius 1 is 1.24 bits per heavy atom. The molecule has 0 saturated heterocycles. The number of benzene rings is 1. The second kappa shape index (κ2) is 6.01. The molecular weight excluding hydrogens is 212 g/mol. The first-order chi connectivity index (χ1) is 8.38. The van der Waals surface area contributed by atoms with Crippen LogP contribution in [0.5, 0.6) is 0 Å². The number of hydrogen-bond acceptors (Lipinski definition) is 2. The van der Waals surface area contributed by atoms with Crippen LogP contribution in [0, 0.1) is 0 Å². The SMILES string of the molecule is OCCC=Cc1ccc(Cn2ccnc2)cc1. The number of aliphatic hydroxyl groups excluding tert-OH is 1. The van der Waals surface area contributed by atoms with Crippen LogP contribution in [0.15, 0.2) is 49.1 Å². The van der Waals surface area contributed by atoms with Gasteiger partial charge in [-0.3, -0.25) is 0 Å². The number of hydrogen-bond donors (Lipinski definition) is 1. The minimum atomic E-state index is 0.204. The molecule has 0 aliphatic rings. The molecule has 17 heavy (non-hydrogen) atoms. The lowest BCUT2D eigenvalue weighted by Gasteiger charge is -2.02. The van der Waals surface area contributed by atoms with E-state index in [1.165, 1.54) is 5.56 Å². The van der Waals surface area contributed by atoms with Crippen molar-refractivity contribution in [2.45, 2.75) is 13.0 Å². The number of rotatable bonds is 5. The molecule has 2 rings (SSSR count). The zero-order valence-electron chi connectivity index (χ0n) is 9.66. The normalized spacial score (nSPS) is 11.1. The Labute approximate surface area is 101 Å². The number of aliphatic hydroxyl groups is 1. The smallest absolute Gasteiger partial charge is 0.0949 e. The van der Waals surface area contributed by atoms with Gasteiger partial charge in [-0.2, -0.15) is 0 Å². The number of imidazole rings is 1. The van der Waals surface area contributed by atoms with Gasteiger partial charge in [0, 0.05) is 25.5 Å². The minimum absolute atomic E-state index is 0.204. The lowest BCUT2D eigenvalue weighted by molar-refractivity contribution is 0.303. The highest BCUT2D eigenvalue weighted by Crippen LogP contribution is 2.08. The number of nitrogens with zero attached hydrogens (tertiary/aromatic N) is 2. The molecule has 3 heteroatoms. The molecular formula is C14H16N2O. The van der Waals surface area contributed by atoms with Crippen molar-refractivity contribution in [3.05, 3.63) is 60.2 Å². The molecule has 0 bridgehead atoms. The summed E-state index contributed by atoms with van der Waals surface area (Å²) in [6, 6.07) is 8.39. The van der Waals surface area contributed by atoms with Crippen LogP contribution in [0.3, 0.4) is 0 Å². The molecule has 88 valence electrons. The highest BCUT2D eigenvalue weighted by atomic mass is 16.2. The predicted octanol–water partition coefficient (Wildman–Crippen LogP) is 2.33. The van der Waals surface area contributed by atoms with Gasteiger partial charge in [0.15, 0.2) is 0 Å². The van der Waals surface area contributed by atoms with Gasteiger partial charge in [-0.25, -0.2) is 4.98 Å². The largest absolute Gasteiger partial charge is 0.396 e. The van der Waals surface area contributed by atoms with Gasteiger partial charge >= 0.3 is 0 Å². The van der Waals surface area contributed by atoms with Crippen LogP contribution in [0.1, 0.15) is 17.5 Å². The summed E-state index contributed by atoms with van der Waals surface area (Å²) in [6.07, 6.45) is 10.3. The highest BCUT2D eigenvalue weighted by Gasteiger charge is 1.94. The molecule has 1 aromatic heterocycles. The van der Waals surface area contributed by atoms with E-state index in [9.17, 15) is 0 Å². The fourth-order valence-electron chi connectivity index (χ4n) is 1.62. The highest BCUT2D eigenvalue weighted by molar-refractivity contribution is 5.49. The van der Waals surface area contributed by atoms with E-state index >= 15 is 0 Å². The van der Waals surface area contributed by atoms with Gasteiger partial charge in [-0.15, -0.1) is 0 Å². The summed E-state index contributed by atoms with van der Waals surface area (Å²) in [7, 11) is 0. The van der Waals surface area contributed by atoms with Gasteiger partial charge in [-0.1, -0.05) is 36.4 Å². The second-order valence-electron chi connectivity index (χ2n) is 3.89. The summed E-state index contributed by atoms with van der Waals surface area (Å²) in [4.78, 5) is 4.01. The van der Waals surface area contributed by atoms with E-state index in [0.29, 0.717) is 6.42 Å². The Kier molecular flexibility index (Phi) is 4.11. The molecule has 3 nitrogen and oxygen atoms in total. The van der Waals surface area contributed by atoms with Crippen molar-refractivity contribution in [1.82, 2.24) is 9.55 Å². The fourth-order valence-corrected chi connectivity index (χ4v) is 1.62. The summed E-state index contributed by atoms with van der Waals surface area (Å²) >= 11 is 0. The van der Waals surface area contributed by atoms with Gasteiger partial charge in [0.25, 0.3) is 0 Å². The van der Waals surface area contributed by atoms with Crippen LogP contribution in [-0.2, 0) is 6.54 Å². The predicted molar refractivity (Wildman–Crippen MR) is 68.5 cm³/mol. The Balaban J connectivity index is 1.98. The maximum absolute atomic E-state index is 8.67. The van der Waals surface area contributed by atoms with Gasteiger partial charge in [0.2, 0.25) is 0 Å². The topological polar surface area (TPSA) is 38.0 Å². The van der Waals surface area contributed by atoms with Crippen molar-refractivity contribution in [2.24, 2.45) is 0 Å². The summed E-state index contributed by atoms with van der Waals surface area (Å²) in [5.41, 5.74) is 2.41. The maximum Gasteiger partial charge on any atom is 0.0949 e. The molecule has 0 atom stereocenters. The summed E-state index contributed by atoms with van der Waals surface area (Å²) < 4.78 is 2.04. The molecule has 0 amide bonds. The van der Waals surface area contributed by atoms with E-state index in [-0.39, 0.29) is 6.61 Å².